The van der Waals surface area contributed by atoms with Crippen LogP contribution in [-0.2, 0) is 10.0 Å². The van der Waals surface area contributed by atoms with Crippen molar-refractivity contribution in [3.63, 3.8) is 0 Å². The molecule has 114 valence electrons. The van der Waals surface area contributed by atoms with E-state index < -0.39 is 21.9 Å². The van der Waals surface area contributed by atoms with Crippen molar-refractivity contribution < 1.29 is 17.5 Å². The van der Waals surface area contributed by atoms with Gasteiger partial charge in [-0.25, -0.2) is 12.8 Å². The van der Waals surface area contributed by atoms with Crippen LogP contribution in [0.15, 0.2) is 22.7 Å². The standard InChI is InChI=1S/C11H11BrFN3O3S2/c1-6(19-9-4-3-7(12)5-8(9)13)10-14-11(20-15-10)16-21(2,17)18/h3-6H,1-2H3,(H,14,15,16)/t6-/m0/s1. The molecule has 0 fully saturated rings. The summed E-state index contributed by atoms with van der Waals surface area (Å²) in [4.78, 5) is 4.00. The number of halogens is 2. The molecule has 2 rings (SSSR count). The summed E-state index contributed by atoms with van der Waals surface area (Å²) in [6.45, 7) is 1.65. The molecular formula is C11H11BrFN3O3S2. The average molecular weight is 396 g/mol. The van der Waals surface area contributed by atoms with E-state index in [-0.39, 0.29) is 16.7 Å². The van der Waals surface area contributed by atoms with Crippen LogP contribution in [0, 0.1) is 5.82 Å². The molecule has 1 heterocycles. The Morgan fingerprint density at radius 1 is 1.48 bits per heavy atom. The van der Waals surface area contributed by atoms with Gasteiger partial charge in [-0.15, -0.1) is 0 Å². The summed E-state index contributed by atoms with van der Waals surface area (Å²) in [5.74, 6) is -0.174. The van der Waals surface area contributed by atoms with Crippen molar-refractivity contribution in [2.24, 2.45) is 0 Å². The molecule has 1 atom stereocenters. The number of nitrogens with one attached hydrogen (secondary N) is 1. The van der Waals surface area contributed by atoms with Gasteiger partial charge >= 0.3 is 0 Å². The van der Waals surface area contributed by atoms with Crippen molar-refractivity contribution in [1.82, 2.24) is 9.36 Å². The molecule has 0 saturated heterocycles. The van der Waals surface area contributed by atoms with E-state index >= 15 is 0 Å². The van der Waals surface area contributed by atoms with Crippen LogP contribution in [0.3, 0.4) is 0 Å². The zero-order chi connectivity index (χ0) is 15.6. The van der Waals surface area contributed by atoms with Gasteiger partial charge in [-0.3, -0.25) is 4.72 Å². The Bertz CT molecular complexity index is 751. The van der Waals surface area contributed by atoms with Gasteiger partial charge < -0.3 is 4.74 Å². The van der Waals surface area contributed by atoms with Gasteiger partial charge in [0.15, 0.2) is 23.5 Å². The first-order valence-electron chi connectivity index (χ1n) is 5.68. The maximum Gasteiger partial charge on any atom is 0.231 e. The van der Waals surface area contributed by atoms with Gasteiger partial charge in [0.2, 0.25) is 15.2 Å². The highest BCUT2D eigenvalue weighted by Gasteiger charge is 2.17. The molecule has 21 heavy (non-hydrogen) atoms. The molecule has 0 saturated carbocycles. The number of nitrogens with zero attached hydrogens (tertiary/aromatic N) is 2. The summed E-state index contributed by atoms with van der Waals surface area (Å²) in [7, 11) is -3.41. The van der Waals surface area contributed by atoms with Crippen molar-refractivity contribution in [3.05, 3.63) is 34.3 Å². The normalized spacial score (nSPS) is 13.0. The van der Waals surface area contributed by atoms with E-state index in [2.05, 4.69) is 30.0 Å². The van der Waals surface area contributed by atoms with Gasteiger partial charge in [0.1, 0.15) is 0 Å². The molecule has 0 bridgehead atoms. The molecule has 2 aromatic rings. The Kier molecular flexibility index (Phi) is 4.79. The van der Waals surface area contributed by atoms with Gasteiger partial charge in [0.25, 0.3) is 0 Å². The largest absolute Gasteiger partial charge is 0.480 e. The second-order valence-corrected chi connectivity index (χ2v) is 7.58. The lowest BCUT2D eigenvalue weighted by Crippen LogP contribution is -2.10. The Labute approximate surface area is 133 Å². The minimum Gasteiger partial charge on any atom is -0.480 e. The Balaban J connectivity index is 2.11. The molecule has 0 aliphatic carbocycles. The smallest absolute Gasteiger partial charge is 0.231 e. The van der Waals surface area contributed by atoms with E-state index in [0.717, 1.165) is 17.8 Å². The molecule has 10 heteroatoms. The quantitative estimate of drug-likeness (QED) is 0.841. The number of hydrogen-bond donors (Lipinski definition) is 1. The van der Waals surface area contributed by atoms with Crippen molar-refractivity contribution in [3.8, 4) is 5.75 Å². The van der Waals surface area contributed by atoms with Crippen molar-refractivity contribution in [2.45, 2.75) is 13.0 Å². The molecule has 6 nitrogen and oxygen atoms in total. The molecule has 1 aromatic carbocycles. The van der Waals surface area contributed by atoms with Crippen LogP contribution in [0.2, 0.25) is 0 Å². The van der Waals surface area contributed by atoms with Crippen molar-refractivity contribution >= 4 is 42.6 Å². The fourth-order valence-electron chi connectivity index (χ4n) is 1.41. The number of aromatic nitrogens is 2. The molecule has 0 amide bonds. The van der Waals surface area contributed by atoms with E-state index in [9.17, 15) is 12.8 Å². The van der Waals surface area contributed by atoms with Gasteiger partial charge in [-0.1, -0.05) is 15.9 Å². The first kappa shape index (κ1) is 16.1. The topological polar surface area (TPSA) is 81.2 Å². The predicted molar refractivity (Wildman–Crippen MR) is 81.5 cm³/mol. The van der Waals surface area contributed by atoms with Crippen LogP contribution >= 0.6 is 27.5 Å². The fourth-order valence-corrected chi connectivity index (χ4v) is 3.22. The van der Waals surface area contributed by atoms with E-state index in [4.69, 9.17) is 4.74 Å². The summed E-state index contributed by atoms with van der Waals surface area (Å²) in [5, 5.41) is 0.138. The Morgan fingerprint density at radius 3 is 2.81 bits per heavy atom. The highest BCUT2D eigenvalue weighted by molar-refractivity contribution is 9.10. The van der Waals surface area contributed by atoms with E-state index in [1.165, 1.54) is 12.1 Å². The minimum atomic E-state index is -3.41. The molecule has 0 aliphatic heterocycles. The summed E-state index contributed by atoms with van der Waals surface area (Å²) in [6, 6.07) is 4.42. The Morgan fingerprint density at radius 2 is 2.19 bits per heavy atom. The number of hydrogen-bond acceptors (Lipinski definition) is 6. The van der Waals surface area contributed by atoms with Gasteiger partial charge in [-0.2, -0.15) is 9.36 Å². The van der Waals surface area contributed by atoms with Gasteiger partial charge in [0.05, 0.1) is 6.26 Å². The van der Waals surface area contributed by atoms with Crippen LogP contribution in [0.5, 0.6) is 5.75 Å². The lowest BCUT2D eigenvalue weighted by atomic mass is 10.3. The molecule has 0 unspecified atom stereocenters. The maximum atomic E-state index is 13.7. The number of ether oxygens (including phenoxy) is 1. The van der Waals surface area contributed by atoms with Gasteiger partial charge in [0, 0.05) is 16.0 Å². The monoisotopic (exact) mass is 395 g/mol. The van der Waals surface area contributed by atoms with E-state index in [0.29, 0.717) is 4.47 Å². The van der Waals surface area contributed by atoms with E-state index in [1.807, 2.05) is 0 Å². The number of sulfonamides is 1. The lowest BCUT2D eigenvalue weighted by molar-refractivity contribution is 0.208. The summed E-state index contributed by atoms with van der Waals surface area (Å²) in [5.41, 5.74) is 0. The number of benzene rings is 1. The molecule has 1 N–H and O–H groups in total. The van der Waals surface area contributed by atoms with Crippen molar-refractivity contribution in [1.29, 1.82) is 0 Å². The SMILES string of the molecule is C[C@H](Oc1ccc(Br)cc1F)c1nsc(NS(C)(=O)=O)n1. The summed E-state index contributed by atoms with van der Waals surface area (Å²) < 4.78 is 48.1. The highest BCUT2D eigenvalue weighted by atomic mass is 79.9. The van der Waals surface area contributed by atoms with Crippen LogP contribution < -0.4 is 9.46 Å². The first-order valence-corrected chi connectivity index (χ1v) is 9.13. The van der Waals surface area contributed by atoms with E-state index in [1.54, 1.807) is 13.0 Å². The van der Waals surface area contributed by atoms with Crippen molar-refractivity contribution in [2.75, 3.05) is 11.0 Å². The lowest BCUT2D eigenvalue weighted by Gasteiger charge is -2.12. The second kappa shape index (κ2) is 6.24. The maximum absolute atomic E-state index is 13.7. The molecule has 1 aromatic heterocycles. The third kappa shape index (κ3) is 4.61. The molecule has 0 radical (unpaired) electrons. The van der Waals surface area contributed by atoms with Crippen LogP contribution in [0.25, 0.3) is 0 Å². The fraction of sp³-hybridized carbons (Fsp3) is 0.273. The molecular weight excluding hydrogens is 385 g/mol. The molecule has 0 aliphatic rings. The average Bonchev–Trinajstić information content (AvgIpc) is 2.78. The number of anilines is 1. The zero-order valence-corrected chi connectivity index (χ0v) is 14.2. The summed E-state index contributed by atoms with van der Waals surface area (Å²) >= 11 is 4.04. The zero-order valence-electron chi connectivity index (χ0n) is 11.0. The Hall–Kier alpha value is -1.26. The van der Waals surface area contributed by atoms with Crippen LogP contribution in [-0.4, -0.2) is 24.0 Å². The minimum absolute atomic E-state index is 0.0677. The molecule has 0 spiro atoms. The third-order valence-corrected chi connectivity index (χ3v) is 4.11. The second-order valence-electron chi connectivity index (χ2n) is 4.17. The summed E-state index contributed by atoms with van der Waals surface area (Å²) in [6.07, 6.45) is 0.401. The van der Waals surface area contributed by atoms with Gasteiger partial charge in [-0.05, 0) is 25.1 Å². The predicted octanol–water partition coefficient (Wildman–Crippen LogP) is 2.95. The highest BCUT2D eigenvalue weighted by Crippen LogP contribution is 2.27. The van der Waals surface area contributed by atoms with Crippen LogP contribution in [0.4, 0.5) is 9.52 Å². The first-order chi connectivity index (χ1) is 9.74. The van der Waals surface area contributed by atoms with Crippen LogP contribution in [0.1, 0.15) is 18.9 Å². The third-order valence-electron chi connectivity index (χ3n) is 2.28. The number of rotatable bonds is 5.